The van der Waals surface area contributed by atoms with E-state index in [0.29, 0.717) is 5.92 Å². The summed E-state index contributed by atoms with van der Waals surface area (Å²) in [6.45, 7) is 4.35. The third-order valence-corrected chi connectivity index (χ3v) is 2.51. The predicted octanol–water partition coefficient (Wildman–Crippen LogP) is 4.15. The fourth-order valence-electron chi connectivity index (χ4n) is 1.23. The first-order valence-corrected chi connectivity index (χ1v) is 5.84. The lowest BCUT2D eigenvalue weighted by atomic mass is 10.0. The molecule has 0 aliphatic heterocycles. The second-order valence-electron chi connectivity index (χ2n) is 3.19. The molecule has 0 spiro atoms. The zero-order valence-corrected chi connectivity index (χ0v) is 9.67. The van der Waals surface area contributed by atoms with E-state index in [2.05, 4.69) is 24.6 Å². The molecule has 0 atom stereocenters. The van der Waals surface area contributed by atoms with Crippen molar-refractivity contribution < 1.29 is 0 Å². The third kappa shape index (κ3) is 2.82. The normalized spacial score (nSPS) is 10.5. The van der Waals surface area contributed by atoms with Crippen LogP contribution in [0, 0.1) is 0 Å². The lowest BCUT2D eigenvalue weighted by molar-refractivity contribution is 0.870. The van der Waals surface area contributed by atoms with E-state index in [-0.39, 0.29) is 0 Å². The Morgan fingerprint density at radius 2 is 2.08 bits per heavy atom. The van der Waals surface area contributed by atoms with Crippen molar-refractivity contribution in [2.45, 2.75) is 19.8 Å². The lowest BCUT2D eigenvalue weighted by Crippen LogP contribution is -1.95. The minimum atomic E-state index is 0.520. The monoisotopic (exact) mass is 215 g/mol. The van der Waals surface area contributed by atoms with E-state index in [9.17, 15) is 0 Å². The number of rotatable bonds is 3. The second kappa shape index (κ2) is 4.77. The van der Waals surface area contributed by atoms with Crippen molar-refractivity contribution in [3.05, 3.63) is 28.8 Å². The van der Waals surface area contributed by atoms with Crippen molar-refractivity contribution in [1.29, 1.82) is 0 Å². The number of nitrogens with one attached hydrogen (secondary N) is 1. The second-order valence-corrected chi connectivity index (χ2v) is 4.24. The highest BCUT2D eigenvalue weighted by Gasteiger charge is 2.05. The Morgan fingerprint density at radius 3 is 2.62 bits per heavy atom. The van der Waals surface area contributed by atoms with Gasteiger partial charge < -0.3 is 4.72 Å². The molecule has 0 saturated heterocycles. The molecule has 13 heavy (non-hydrogen) atoms. The van der Waals surface area contributed by atoms with Gasteiger partial charge in [0.05, 0.1) is 0 Å². The summed E-state index contributed by atoms with van der Waals surface area (Å²) in [6, 6.07) is 5.97. The van der Waals surface area contributed by atoms with Crippen molar-refractivity contribution in [3.8, 4) is 0 Å². The van der Waals surface area contributed by atoms with Gasteiger partial charge in [-0.15, -0.1) is 0 Å². The fourth-order valence-corrected chi connectivity index (χ4v) is 1.80. The quantitative estimate of drug-likeness (QED) is 0.761. The van der Waals surface area contributed by atoms with Crippen LogP contribution in [0.4, 0.5) is 5.69 Å². The van der Waals surface area contributed by atoms with Crippen molar-refractivity contribution in [1.82, 2.24) is 0 Å². The van der Waals surface area contributed by atoms with E-state index in [4.69, 9.17) is 11.6 Å². The molecule has 0 heterocycles. The molecule has 72 valence electrons. The number of anilines is 1. The molecular formula is C10H14ClNS. The Kier molecular flexibility index (Phi) is 3.94. The van der Waals surface area contributed by atoms with Gasteiger partial charge in [0.2, 0.25) is 0 Å². The van der Waals surface area contributed by atoms with Crippen LogP contribution in [-0.2, 0) is 0 Å². The first kappa shape index (κ1) is 10.7. The zero-order chi connectivity index (χ0) is 9.84. The molecule has 0 radical (unpaired) electrons. The highest BCUT2D eigenvalue weighted by molar-refractivity contribution is 7.99. The van der Waals surface area contributed by atoms with E-state index < -0.39 is 0 Å². The summed E-state index contributed by atoms with van der Waals surface area (Å²) >= 11 is 7.49. The Morgan fingerprint density at radius 1 is 1.38 bits per heavy atom. The van der Waals surface area contributed by atoms with Crippen LogP contribution in [0.2, 0.25) is 5.02 Å². The Balaban J connectivity index is 3.03. The summed E-state index contributed by atoms with van der Waals surface area (Å²) in [4.78, 5) is 0. The van der Waals surface area contributed by atoms with Crippen LogP contribution in [0.5, 0.6) is 0 Å². The van der Waals surface area contributed by atoms with E-state index in [0.717, 1.165) is 10.7 Å². The minimum Gasteiger partial charge on any atom is -0.330 e. The minimum absolute atomic E-state index is 0.520. The Labute approximate surface area is 89.0 Å². The molecule has 1 N–H and O–H groups in total. The Bertz CT molecular complexity index is 286. The van der Waals surface area contributed by atoms with Crippen LogP contribution < -0.4 is 4.72 Å². The van der Waals surface area contributed by atoms with Crippen molar-refractivity contribution in [3.63, 3.8) is 0 Å². The highest BCUT2D eigenvalue weighted by Crippen LogP contribution is 2.28. The van der Waals surface area contributed by atoms with Gasteiger partial charge in [-0.2, -0.15) is 0 Å². The molecule has 0 unspecified atom stereocenters. The van der Waals surface area contributed by atoms with Crippen molar-refractivity contribution in [2.75, 3.05) is 11.0 Å². The van der Waals surface area contributed by atoms with Gasteiger partial charge in [0, 0.05) is 17.0 Å². The summed E-state index contributed by atoms with van der Waals surface area (Å²) in [7, 11) is 0. The van der Waals surface area contributed by atoms with Gasteiger partial charge >= 0.3 is 0 Å². The van der Waals surface area contributed by atoms with Crippen molar-refractivity contribution in [2.24, 2.45) is 0 Å². The predicted molar refractivity (Wildman–Crippen MR) is 62.7 cm³/mol. The standard InChI is InChI=1S/C10H14ClNS/c1-7(2)9-5-4-8(11)6-10(9)12-13-3/h4-7,12H,1-3H3. The van der Waals surface area contributed by atoms with Crippen molar-refractivity contribution >= 4 is 29.2 Å². The van der Waals surface area contributed by atoms with Gasteiger partial charge in [-0.25, -0.2) is 0 Å². The maximum Gasteiger partial charge on any atom is 0.0489 e. The molecule has 0 amide bonds. The molecule has 0 aliphatic carbocycles. The van der Waals surface area contributed by atoms with Gasteiger partial charge in [0.15, 0.2) is 0 Å². The Hall–Kier alpha value is -0.340. The van der Waals surface area contributed by atoms with Gasteiger partial charge in [0.25, 0.3) is 0 Å². The maximum absolute atomic E-state index is 5.91. The molecule has 1 aromatic rings. The summed E-state index contributed by atoms with van der Waals surface area (Å²) in [5.74, 6) is 0.520. The van der Waals surface area contributed by atoms with Crippen LogP contribution in [0.25, 0.3) is 0 Å². The topological polar surface area (TPSA) is 12.0 Å². The number of hydrogen-bond donors (Lipinski definition) is 1. The van der Waals surface area contributed by atoms with Gasteiger partial charge in [0.1, 0.15) is 0 Å². The van der Waals surface area contributed by atoms with E-state index in [1.165, 1.54) is 5.56 Å². The lowest BCUT2D eigenvalue weighted by Gasteiger charge is -2.13. The molecule has 0 fully saturated rings. The summed E-state index contributed by atoms with van der Waals surface area (Å²) in [5.41, 5.74) is 2.42. The maximum atomic E-state index is 5.91. The van der Waals surface area contributed by atoms with Crippen LogP contribution in [0.3, 0.4) is 0 Å². The van der Waals surface area contributed by atoms with Gasteiger partial charge in [-0.05, 0) is 23.6 Å². The van der Waals surface area contributed by atoms with Crippen LogP contribution >= 0.6 is 23.5 Å². The molecule has 1 nitrogen and oxygen atoms in total. The molecule has 1 aromatic carbocycles. The average Bonchev–Trinajstić information content (AvgIpc) is 2.04. The molecule has 3 heteroatoms. The summed E-state index contributed by atoms with van der Waals surface area (Å²) < 4.78 is 3.23. The summed E-state index contributed by atoms with van der Waals surface area (Å²) in [5, 5.41) is 0.779. The van der Waals surface area contributed by atoms with Gasteiger partial charge in [-0.3, -0.25) is 0 Å². The van der Waals surface area contributed by atoms with E-state index in [1.807, 2.05) is 18.4 Å². The highest BCUT2D eigenvalue weighted by atomic mass is 35.5. The molecule has 0 aliphatic rings. The smallest absolute Gasteiger partial charge is 0.0489 e. The summed E-state index contributed by atoms with van der Waals surface area (Å²) in [6.07, 6.45) is 2.00. The molecule has 0 aromatic heterocycles. The van der Waals surface area contributed by atoms with E-state index >= 15 is 0 Å². The third-order valence-electron chi connectivity index (χ3n) is 1.85. The zero-order valence-electron chi connectivity index (χ0n) is 8.10. The number of hydrogen-bond acceptors (Lipinski definition) is 2. The van der Waals surface area contributed by atoms with Gasteiger partial charge in [-0.1, -0.05) is 43.5 Å². The molecule has 0 saturated carbocycles. The van der Waals surface area contributed by atoms with Crippen LogP contribution in [-0.4, -0.2) is 6.26 Å². The first-order chi connectivity index (χ1) is 6.15. The molecule has 0 bridgehead atoms. The van der Waals surface area contributed by atoms with E-state index in [1.54, 1.807) is 11.9 Å². The largest absolute Gasteiger partial charge is 0.330 e. The van der Waals surface area contributed by atoms with Crippen LogP contribution in [0.15, 0.2) is 18.2 Å². The first-order valence-electron chi connectivity index (χ1n) is 4.23. The average molecular weight is 216 g/mol. The van der Waals surface area contributed by atoms with Crippen LogP contribution in [0.1, 0.15) is 25.3 Å². The molecule has 1 rings (SSSR count). The fraction of sp³-hybridized carbons (Fsp3) is 0.400. The molecular weight excluding hydrogens is 202 g/mol. The SMILES string of the molecule is CSNc1cc(Cl)ccc1C(C)C. The number of halogens is 1. The number of benzene rings is 1.